The van der Waals surface area contributed by atoms with Crippen LogP contribution in [-0.2, 0) is 16.0 Å². The number of anilines is 1. The number of hydrogen-bond donors (Lipinski definition) is 1. The van der Waals surface area contributed by atoms with Gasteiger partial charge in [0.25, 0.3) is 0 Å². The fraction of sp³-hybridized carbons (Fsp3) is 0.579. The van der Waals surface area contributed by atoms with Gasteiger partial charge < -0.3 is 10.2 Å². The van der Waals surface area contributed by atoms with Crippen LogP contribution < -0.4 is 10.2 Å². The number of nitrogens with one attached hydrogen (secondary N) is 1. The molecule has 1 heterocycles. The molecule has 2 rings (SSSR count). The fourth-order valence-electron chi connectivity index (χ4n) is 3.25. The Morgan fingerprint density at radius 3 is 2.58 bits per heavy atom. The third-order valence-corrected chi connectivity index (χ3v) is 4.69. The van der Waals surface area contributed by atoms with Crippen LogP contribution in [0.3, 0.4) is 0 Å². The van der Waals surface area contributed by atoms with Crippen molar-refractivity contribution in [1.29, 1.82) is 0 Å². The van der Waals surface area contributed by atoms with Crippen LogP contribution in [0.1, 0.15) is 39.2 Å². The van der Waals surface area contributed by atoms with E-state index in [-0.39, 0.29) is 11.8 Å². The van der Waals surface area contributed by atoms with Crippen molar-refractivity contribution in [3.63, 3.8) is 0 Å². The van der Waals surface area contributed by atoms with Crippen molar-refractivity contribution >= 4 is 17.5 Å². The summed E-state index contributed by atoms with van der Waals surface area (Å²) in [4.78, 5) is 29.0. The molecule has 0 fully saturated rings. The summed E-state index contributed by atoms with van der Waals surface area (Å²) >= 11 is 0. The lowest BCUT2D eigenvalue weighted by Gasteiger charge is -2.25. The van der Waals surface area contributed by atoms with Crippen LogP contribution >= 0.6 is 0 Å². The second-order valence-electron chi connectivity index (χ2n) is 6.14. The molecule has 0 radical (unpaired) electrons. The van der Waals surface area contributed by atoms with Crippen molar-refractivity contribution in [2.24, 2.45) is 0 Å². The fourth-order valence-corrected chi connectivity index (χ4v) is 3.25. The van der Waals surface area contributed by atoms with E-state index < -0.39 is 6.04 Å². The molecule has 5 heteroatoms. The van der Waals surface area contributed by atoms with E-state index in [4.69, 9.17) is 0 Å². The van der Waals surface area contributed by atoms with Crippen LogP contribution in [0.5, 0.6) is 0 Å². The molecule has 1 atom stereocenters. The van der Waals surface area contributed by atoms with Gasteiger partial charge in [-0.25, -0.2) is 0 Å². The number of hydrogen-bond acceptors (Lipinski definition) is 3. The third-order valence-electron chi connectivity index (χ3n) is 4.69. The van der Waals surface area contributed by atoms with Gasteiger partial charge >= 0.3 is 0 Å². The molecule has 0 aliphatic carbocycles. The van der Waals surface area contributed by atoms with Crippen LogP contribution in [-0.4, -0.2) is 48.9 Å². The van der Waals surface area contributed by atoms with E-state index >= 15 is 0 Å². The highest BCUT2D eigenvalue weighted by molar-refractivity contribution is 6.03. The summed E-state index contributed by atoms with van der Waals surface area (Å²) in [6.07, 6.45) is 1.93. The molecule has 2 amide bonds. The van der Waals surface area contributed by atoms with Crippen LogP contribution in [0.25, 0.3) is 0 Å². The monoisotopic (exact) mass is 331 g/mol. The summed E-state index contributed by atoms with van der Waals surface area (Å²) < 4.78 is 0. The standard InChI is InChI=1S/C19H29N3O2/c1-4-18(23)22-16-11-8-7-10-15(16)14-17(22)19(24)20-12-9-13-21(5-2)6-3/h7-8,10-11,17H,4-6,9,12-14H2,1-3H3,(H,20,24)/t17-/m1/s1. The summed E-state index contributed by atoms with van der Waals surface area (Å²) in [5.74, 6) is -0.0456. The van der Waals surface area contributed by atoms with Crippen LogP contribution in [0.2, 0.25) is 0 Å². The van der Waals surface area contributed by atoms with E-state index in [0.29, 0.717) is 19.4 Å². The maximum atomic E-state index is 12.6. The molecular formula is C19H29N3O2. The SMILES string of the molecule is CCC(=O)N1c2ccccc2C[C@@H]1C(=O)NCCCN(CC)CC. The summed E-state index contributed by atoms with van der Waals surface area (Å²) in [5.41, 5.74) is 1.95. The molecule has 0 bridgehead atoms. The first-order chi connectivity index (χ1) is 11.6. The predicted molar refractivity (Wildman–Crippen MR) is 97.1 cm³/mol. The lowest BCUT2D eigenvalue weighted by Crippen LogP contribution is -2.48. The van der Waals surface area contributed by atoms with E-state index in [9.17, 15) is 9.59 Å². The summed E-state index contributed by atoms with van der Waals surface area (Å²) in [5, 5.41) is 3.01. The van der Waals surface area contributed by atoms with Gasteiger partial charge in [0.15, 0.2) is 0 Å². The van der Waals surface area contributed by atoms with Gasteiger partial charge in [-0.05, 0) is 37.7 Å². The van der Waals surface area contributed by atoms with Gasteiger partial charge in [-0.3, -0.25) is 14.5 Å². The molecule has 5 nitrogen and oxygen atoms in total. The molecule has 0 saturated heterocycles. The number of para-hydroxylation sites is 1. The quantitative estimate of drug-likeness (QED) is 0.743. The third kappa shape index (κ3) is 4.15. The topological polar surface area (TPSA) is 52.7 Å². The first-order valence-corrected chi connectivity index (χ1v) is 9.02. The molecule has 1 aromatic carbocycles. The maximum Gasteiger partial charge on any atom is 0.243 e. The molecule has 0 saturated carbocycles. The van der Waals surface area contributed by atoms with Gasteiger partial charge in [0.1, 0.15) is 6.04 Å². The highest BCUT2D eigenvalue weighted by Gasteiger charge is 2.37. The van der Waals surface area contributed by atoms with Crippen molar-refractivity contribution in [1.82, 2.24) is 10.2 Å². The van der Waals surface area contributed by atoms with Gasteiger partial charge in [0.2, 0.25) is 11.8 Å². The smallest absolute Gasteiger partial charge is 0.243 e. The molecule has 0 unspecified atom stereocenters. The normalized spacial score (nSPS) is 16.3. The number of nitrogens with zero attached hydrogens (tertiary/aromatic N) is 2. The molecule has 132 valence electrons. The maximum absolute atomic E-state index is 12.6. The van der Waals surface area contributed by atoms with Crippen molar-refractivity contribution in [3.05, 3.63) is 29.8 Å². The predicted octanol–water partition coefficient (Wildman–Crippen LogP) is 2.20. The minimum absolute atomic E-state index is 0.00300. The first-order valence-electron chi connectivity index (χ1n) is 9.02. The number of carbonyl (C=O) groups is 2. The Labute approximate surface area is 145 Å². The van der Waals surface area contributed by atoms with Crippen LogP contribution in [0.15, 0.2) is 24.3 Å². The van der Waals surface area contributed by atoms with Crippen molar-refractivity contribution in [2.75, 3.05) is 31.1 Å². The van der Waals surface area contributed by atoms with Gasteiger partial charge in [-0.15, -0.1) is 0 Å². The van der Waals surface area contributed by atoms with E-state index in [2.05, 4.69) is 24.1 Å². The zero-order valence-corrected chi connectivity index (χ0v) is 15.0. The number of amides is 2. The van der Waals surface area contributed by atoms with Crippen molar-refractivity contribution in [3.8, 4) is 0 Å². The van der Waals surface area contributed by atoms with Gasteiger partial charge in [-0.1, -0.05) is 39.0 Å². The molecule has 1 N–H and O–H groups in total. The average Bonchev–Trinajstić information content (AvgIpc) is 3.00. The van der Waals surface area contributed by atoms with Crippen LogP contribution in [0, 0.1) is 0 Å². The number of carbonyl (C=O) groups excluding carboxylic acids is 2. The second-order valence-corrected chi connectivity index (χ2v) is 6.14. The van der Waals surface area contributed by atoms with E-state index in [1.807, 2.05) is 31.2 Å². The minimum atomic E-state index is -0.414. The highest BCUT2D eigenvalue weighted by Crippen LogP contribution is 2.32. The van der Waals surface area contributed by atoms with Crippen LogP contribution in [0.4, 0.5) is 5.69 Å². The summed E-state index contributed by atoms with van der Waals surface area (Å²) in [6.45, 7) is 9.81. The highest BCUT2D eigenvalue weighted by atomic mass is 16.2. The zero-order chi connectivity index (χ0) is 17.5. The Balaban J connectivity index is 1.95. The molecule has 1 aromatic rings. The Kier molecular flexibility index (Phi) is 6.79. The first kappa shape index (κ1) is 18.5. The Morgan fingerprint density at radius 1 is 1.21 bits per heavy atom. The van der Waals surface area contributed by atoms with Gasteiger partial charge in [0.05, 0.1) is 0 Å². The Morgan fingerprint density at radius 2 is 1.92 bits per heavy atom. The lowest BCUT2D eigenvalue weighted by atomic mass is 10.1. The van der Waals surface area contributed by atoms with E-state index in [0.717, 1.165) is 37.3 Å². The van der Waals surface area contributed by atoms with E-state index in [1.54, 1.807) is 4.90 Å². The lowest BCUT2D eigenvalue weighted by molar-refractivity contribution is -0.126. The van der Waals surface area contributed by atoms with E-state index in [1.165, 1.54) is 0 Å². The van der Waals surface area contributed by atoms with Crippen molar-refractivity contribution in [2.45, 2.75) is 46.1 Å². The van der Waals surface area contributed by atoms with Gasteiger partial charge in [-0.2, -0.15) is 0 Å². The summed E-state index contributed by atoms with van der Waals surface area (Å²) in [7, 11) is 0. The molecule has 24 heavy (non-hydrogen) atoms. The summed E-state index contributed by atoms with van der Waals surface area (Å²) in [6, 6.07) is 7.38. The largest absolute Gasteiger partial charge is 0.354 e. The number of fused-ring (bicyclic) bond motifs is 1. The Hall–Kier alpha value is -1.88. The average molecular weight is 331 g/mol. The van der Waals surface area contributed by atoms with Crippen molar-refractivity contribution < 1.29 is 9.59 Å². The molecule has 0 aromatic heterocycles. The van der Waals surface area contributed by atoms with Gasteiger partial charge in [0, 0.05) is 25.1 Å². The number of benzene rings is 1. The molecule has 1 aliphatic rings. The zero-order valence-electron chi connectivity index (χ0n) is 15.0. The molecule has 0 spiro atoms. The molecule has 1 aliphatic heterocycles. The number of rotatable bonds is 8. The molecular weight excluding hydrogens is 302 g/mol. The minimum Gasteiger partial charge on any atom is -0.354 e. The Bertz CT molecular complexity index is 569. The second kappa shape index (κ2) is 8.83.